The van der Waals surface area contributed by atoms with Crippen LogP contribution in [0.3, 0.4) is 0 Å². The predicted octanol–water partition coefficient (Wildman–Crippen LogP) is 4.29. The molecular formula is C19H18N2O2S. The average Bonchev–Trinajstić information content (AvgIpc) is 3.13. The van der Waals surface area contributed by atoms with Gasteiger partial charge in [0.15, 0.2) is 5.58 Å². The van der Waals surface area contributed by atoms with Crippen LogP contribution < -0.4 is 4.90 Å². The zero-order valence-electron chi connectivity index (χ0n) is 13.6. The monoisotopic (exact) mass is 338 g/mol. The van der Waals surface area contributed by atoms with Crippen LogP contribution in [0.5, 0.6) is 0 Å². The molecule has 122 valence electrons. The lowest BCUT2D eigenvalue weighted by Crippen LogP contribution is -2.40. The number of thioether (sulfide) groups is 1. The molecule has 2 heterocycles. The van der Waals surface area contributed by atoms with Crippen LogP contribution in [0.2, 0.25) is 0 Å². The minimum absolute atomic E-state index is 0.0970. The molecule has 3 aromatic rings. The van der Waals surface area contributed by atoms with Crippen molar-refractivity contribution in [1.82, 2.24) is 4.98 Å². The second kappa shape index (κ2) is 5.98. The summed E-state index contributed by atoms with van der Waals surface area (Å²) in [6.07, 6.45) is 0.905. The van der Waals surface area contributed by atoms with Gasteiger partial charge in [0.05, 0.1) is 5.25 Å². The molecule has 4 rings (SSSR count). The summed E-state index contributed by atoms with van der Waals surface area (Å²) < 4.78 is 5.73. The Hall–Kier alpha value is -2.27. The van der Waals surface area contributed by atoms with Crippen LogP contribution in [0.4, 0.5) is 5.69 Å². The van der Waals surface area contributed by atoms with E-state index in [9.17, 15) is 4.79 Å². The molecule has 0 saturated carbocycles. The van der Waals surface area contributed by atoms with Crippen LogP contribution in [0.25, 0.3) is 11.1 Å². The number of carbonyl (C=O) groups excluding carboxylic acids is 1. The molecule has 4 nitrogen and oxygen atoms in total. The van der Waals surface area contributed by atoms with Crippen molar-refractivity contribution in [2.45, 2.75) is 36.8 Å². The molecule has 0 radical (unpaired) electrons. The first-order chi connectivity index (χ1) is 11.6. The normalized spacial score (nSPS) is 17.9. The highest BCUT2D eigenvalue weighted by molar-refractivity contribution is 8.00. The van der Waals surface area contributed by atoms with Gasteiger partial charge >= 0.3 is 0 Å². The summed E-state index contributed by atoms with van der Waals surface area (Å²) in [5.74, 6) is 0.0970. The van der Waals surface area contributed by atoms with Crippen LogP contribution in [0, 0.1) is 0 Å². The molecule has 0 saturated heterocycles. The van der Waals surface area contributed by atoms with Gasteiger partial charge in [-0.15, -0.1) is 0 Å². The smallest absolute Gasteiger partial charge is 0.257 e. The Balaban J connectivity index is 1.56. The van der Waals surface area contributed by atoms with Gasteiger partial charge in [0.2, 0.25) is 5.91 Å². The Morgan fingerprint density at radius 3 is 2.83 bits per heavy atom. The van der Waals surface area contributed by atoms with Gasteiger partial charge in [0.25, 0.3) is 5.22 Å². The van der Waals surface area contributed by atoms with E-state index >= 15 is 0 Å². The second-order valence-electron chi connectivity index (χ2n) is 6.10. The fourth-order valence-electron chi connectivity index (χ4n) is 3.20. The lowest BCUT2D eigenvalue weighted by molar-refractivity contribution is -0.118. The van der Waals surface area contributed by atoms with Crippen molar-refractivity contribution in [3.8, 4) is 0 Å². The molecule has 0 aliphatic carbocycles. The van der Waals surface area contributed by atoms with E-state index in [0.29, 0.717) is 5.22 Å². The molecule has 2 aromatic carbocycles. The summed E-state index contributed by atoms with van der Waals surface area (Å²) in [4.78, 5) is 19.3. The van der Waals surface area contributed by atoms with Crippen molar-refractivity contribution < 1.29 is 9.21 Å². The van der Waals surface area contributed by atoms with Gasteiger partial charge in [-0.25, -0.2) is 4.98 Å². The second-order valence-corrected chi connectivity index (χ2v) is 7.39. The van der Waals surface area contributed by atoms with Gasteiger partial charge < -0.3 is 9.32 Å². The summed E-state index contributed by atoms with van der Waals surface area (Å²) in [6, 6.07) is 15.9. The lowest BCUT2D eigenvalue weighted by Gasteiger charge is -2.25. The van der Waals surface area contributed by atoms with E-state index in [-0.39, 0.29) is 17.2 Å². The predicted molar refractivity (Wildman–Crippen MR) is 96.4 cm³/mol. The number of aromatic nitrogens is 1. The number of carbonyl (C=O) groups is 1. The van der Waals surface area contributed by atoms with E-state index in [2.05, 4.69) is 18.0 Å². The topological polar surface area (TPSA) is 46.3 Å². The number of anilines is 1. The maximum atomic E-state index is 13.0. The molecule has 0 fully saturated rings. The number of hydrogen-bond acceptors (Lipinski definition) is 4. The highest BCUT2D eigenvalue weighted by Crippen LogP contribution is 2.35. The SMILES string of the molecule is CC(Sc1nc2ccccc2o1)C(=O)N1c2ccccc2CC1C. The first-order valence-electron chi connectivity index (χ1n) is 8.06. The molecule has 0 spiro atoms. The fraction of sp³-hybridized carbons (Fsp3) is 0.263. The molecule has 5 heteroatoms. The third-order valence-corrected chi connectivity index (χ3v) is 5.28. The Labute approximate surface area is 144 Å². The van der Waals surface area contributed by atoms with E-state index in [1.165, 1.54) is 17.3 Å². The van der Waals surface area contributed by atoms with Crippen molar-refractivity contribution >= 4 is 34.5 Å². The van der Waals surface area contributed by atoms with E-state index in [4.69, 9.17) is 4.42 Å². The molecule has 0 bridgehead atoms. The summed E-state index contributed by atoms with van der Waals surface area (Å²) in [7, 11) is 0. The summed E-state index contributed by atoms with van der Waals surface area (Å²) in [5.41, 5.74) is 3.83. The maximum Gasteiger partial charge on any atom is 0.257 e. The summed E-state index contributed by atoms with van der Waals surface area (Å²) in [6.45, 7) is 4.00. The van der Waals surface area contributed by atoms with Crippen molar-refractivity contribution in [2.24, 2.45) is 0 Å². The van der Waals surface area contributed by atoms with Gasteiger partial charge in [-0.3, -0.25) is 4.79 Å². The third kappa shape index (κ3) is 2.59. The largest absolute Gasteiger partial charge is 0.431 e. The molecule has 2 atom stereocenters. The molecule has 1 aliphatic rings. The van der Waals surface area contributed by atoms with Gasteiger partial charge in [-0.1, -0.05) is 42.1 Å². The first-order valence-corrected chi connectivity index (χ1v) is 8.94. The molecular weight excluding hydrogens is 320 g/mol. The minimum Gasteiger partial charge on any atom is -0.431 e. The van der Waals surface area contributed by atoms with E-state index in [1.54, 1.807) is 0 Å². The first kappa shape index (κ1) is 15.3. The molecule has 24 heavy (non-hydrogen) atoms. The molecule has 2 unspecified atom stereocenters. The third-order valence-electron chi connectivity index (χ3n) is 4.34. The highest BCUT2D eigenvalue weighted by Gasteiger charge is 2.33. The quantitative estimate of drug-likeness (QED) is 0.669. The standard InChI is InChI=1S/C19H18N2O2S/c1-12-11-14-7-3-5-9-16(14)21(12)18(22)13(2)24-19-20-15-8-4-6-10-17(15)23-19/h3-10,12-13H,11H2,1-2H3. The van der Waals surface area contributed by atoms with Gasteiger partial charge in [-0.2, -0.15) is 0 Å². The van der Waals surface area contributed by atoms with Crippen LogP contribution >= 0.6 is 11.8 Å². The number of nitrogens with zero attached hydrogens (tertiary/aromatic N) is 2. The van der Waals surface area contributed by atoms with Crippen molar-refractivity contribution in [3.05, 3.63) is 54.1 Å². The van der Waals surface area contributed by atoms with Gasteiger partial charge in [-0.05, 0) is 44.0 Å². The maximum absolute atomic E-state index is 13.0. The summed E-state index contributed by atoms with van der Waals surface area (Å²) in [5, 5.41) is 0.281. The van der Waals surface area contributed by atoms with Crippen molar-refractivity contribution in [3.63, 3.8) is 0 Å². The van der Waals surface area contributed by atoms with Crippen molar-refractivity contribution in [1.29, 1.82) is 0 Å². The zero-order chi connectivity index (χ0) is 16.7. The molecule has 1 aromatic heterocycles. The Kier molecular flexibility index (Phi) is 3.81. The molecule has 1 amide bonds. The molecule has 0 N–H and O–H groups in total. The van der Waals surface area contributed by atoms with Crippen LogP contribution in [-0.2, 0) is 11.2 Å². The highest BCUT2D eigenvalue weighted by atomic mass is 32.2. The van der Waals surface area contributed by atoms with Crippen LogP contribution in [0.1, 0.15) is 19.4 Å². The Bertz CT molecular complexity index is 872. The average molecular weight is 338 g/mol. The lowest BCUT2D eigenvalue weighted by atomic mass is 10.1. The number of para-hydroxylation sites is 3. The minimum atomic E-state index is -0.258. The van der Waals surface area contributed by atoms with E-state index in [1.807, 2.05) is 54.3 Å². The fourth-order valence-corrected chi connectivity index (χ4v) is 4.01. The number of rotatable bonds is 3. The van der Waals surface area contributed by atoms with E-state index < -0.39 is 0 Å². The number of hydrogen-bond donors (Lipinski definition) is 0. The van der Waals surface area contributed by atoms with Crippen LogP contribution in [0.15, 0.2) is 58.2 Å². The number of benzene rings is 2. The van der Waals surface area contributed by atoms with E-state index in [0.717, 1.165) is 23.2 Å². The Morgan fingerprint density at radius 2 is 2.00 bits per heavy atom. The van der Waals surface area contributed by atoms with Crippen molar-refractivity contribution in [2.75, 3.05) is 4.90 Å². The Morgan fingerprint density at radius 1 is 1.25 bits per heavy atom. The summed E-state index contributed by atoms with van der Waals surface area (Å²) >= 11 is 1.37. The zero-order valence-corrected chi connectivity index (χ0v) is 14.4. The van der Waals surface area contributed by atoms with Gasteiger partial charge in [0, 0.05) is 11.7 Å². The molecule has 1 aliphatic heterocycles. The number of fused-ring (bicyclic) bond motifs is 2. The van der Waals surface area contributed by atoms with Gasteiger partial charge in [0.1, 0.15) is 5.52 Å². The van der Waals surface area contributed by atoms with Crippen LogP contribution in [-0.4, -0.2) is 22.2 Å². The number of oxazole rings is 1. The number of amides is 1.